The molecule has 0 heterocycles. The normalized spacial score (nSPS) is 10.7. The van der Waals surface area contributed by atoms with Gasteiger partial charge in [0.05, 0.1) is 0 Å². The molecule has 3 aromatic rings. The van der Waals surface area contributed by atoms with Crippen LogP contribution in [0.25, 0.3) is 11.1 Å². The lowest BCUT2D eigenvalue weighted by atomic mass is 10.1. The lowest BCUT2D eigenvalue weighted by Crippen LogP contribution is -2.29. The first kappa shape index (κ1) is 19.6. The minimum Gasteiger partial charge on any atom is -0.484 e. The predicted molar refractivity (Wildman–Crippen MR) is 113 cm³/mol. The van der Waals surface area contributed by atoms with Gasteiger partial charge in [0.2, 0.25) is 0 Å². The van der Waals surface area contributed by atoms with E-state index in [1.807, 2.05) is 74.8 Å². The molecule has 144 valence electrons. The standard InChI is InChI=1S/C24H26N2O2/c1-26(2)17-22-11-7-6-10-21(22)16-25-24(27)18-28-23-14-12-20(13-15-23)19-8-4-3-5-9-19/h3-15H,16-18H2,1-2H3,(H,25,27). The summed E-state index contributed by atoms with van der Waals surface area (Å²) in [6, 6.07) is 26.1. The van der Waals surface area contributed by atoms with E-state index in [0.717, 1.165) is 23.2 Å². The topological polar surface area (TPSA) is 41.6 Å². The number of carbonyl (C=O) groups excluding carboxylic acids is 1. The van der Waals surface area contributed by atoms with Gasteiger partial charge in [-0.25, -0.2) is 0 Å². The Balaban J connectivity index is 1.50. The van der Waals surface area contributed by atoms with Gasteiger partial charge in [-0.15, -0.1) is 0 Å². The van der Waals surface area contributed by atoms with Crippen LogP contribution in [0, 0.1) is 0 Å². The van der Waals surface area contributed by atoms with E-state index >= 15 is 0 Å². The summed E-state index contributed by atoms with van der Waals surface area (Å²) in [6.07, 6.45) is 0. The minimum absolute atomic E-state index is 0.000527. The molecule has 4 nitrogen and oxygen atoms in total. The molecule has 0 radical (unpaired) electrons. The maximum absolute atomic E-state index is 12.2. The molecule has 0 atom stereocenters. The van der Waals surface area contributed by atoms with Crippen molar-refractivity contribution < 1.29 is 9.53 Å². The summed E-state index contributed by atoms with van der Waals surface area (Å²) in [6.45, 7) is 1.34. The van der Waals surface area contributed by atoms with Crippen molar-refractivity contribution in [3.05, 3.63) is 90.0 Å². The molecule has 1 N–H and O–H groups in total. The van der Waals surface area contributed by atoms with Gasteiger partial charge in [0.15, 0.2) is 6.61 Å². The van der Waals surface area contributed by atoms with Crippen molar-refractivity contribution in [2.75, 3.05) is 20.7 Å². The van der Waals surface area contributed by atoms with E-state index in [1.165, 1.54) is 5.56 Å². The number of rotatable bonds is 8. The fourth-order valence-corrected chi connectivity index (χ4v) is 2.99. The highest BCUT2D eigenvalue weighted by Crippen LogP contribution is 2.22. The van der Waals surface area contributed by atoms with Crippen LogP contribution in [0.4, 0.5) is 0 Å². The van der Waals surface area contributed by atoms with E-state index in [-0.39, 0.29) is 12.5 Å². The molecule has 0 aliphatic heterocycles. The zero-order chi connectivity index (χ0) is 19.8. The Hall–Kier alpha value is -3.11. The summed E-state index contributed by atoms with van der Waals surface area (Å²) < 4.78 is 5.62. The van der Waals surface area contributed by atoms with Gasteiger partial charge >= 0.3 is 0 Å². The summed E-state index contributed by atoms with van der Waals surface area (Å²) in [4.78, 5) is 14.3. The molecule has 0 saturated carbocycles. The van der Waals surface area contributed by atoms with Crippen LogP contribution in [0.3, 0.4) is 0 Å². The number of ether oxygens (including phenoxy) is 1. The van der Waals surface area contributed by atoms with Gasteiger partial charge in [-0.1, -0.05) is 66.7 Å². The number of carbonyl (C=O) groups is 1. The first-order valence-corrected chi connectivity index (χ1v) is 9.38. The number of amides is 1. The monoisotopic (exact) mass is 374 g/mol. The third-order valence-electron chi connectivity index (χ3n) is 4.41. The van der Waals surface area contributed by atoms with Crippen molar-refractivity contribution in [2.24, 2.45) is 0 Å². The third kappa shape index (κ3) is 5.69. The highest BCUT2D eigenvalue weighted by Gasteiger charge is 2.07. The SMILES string of the molecule is CN(C)Cc1ccccc1CNC(=O)COc1ccc(-c2ccccc2)cc1. The Bertz CT molecular complexity index is 890. The summed E-state index contributed by atoms with van der Waals surface area (Å²) in [5.74, 6) is 0.551. The highest BCUT2D eigenvalue weighted by molar-refractivity contribution is 5.77. The number of benzene rings is 3. The molecule has 1 amide bonds. The molecule has 0 aliphatic carbocycles. The Labute approximate surface area is 166 Å². The van der Waals surface area contributed by atoms with Gasteiger partial charge in [0, 0.05) is 13.1 Å². The fraction of sp³-hybridized carbons (Fsp3) is 0.208. The molecule has 4 heteroatoms. The Kier molecular flexibility index (Phi) is 6.82. The molecular weight excluding hydrogens is 348 g/mol. The van der Waals surface area contributed by atoms with E-state index in [1.54, 1.807) is 0 Å². The molecule has 0 aliphatic rings. The summed E-state index contributed by atoms with van der Waals surface area (Å²) >= 11 is 0. The summed E-state index contributed by atoms with van der Waals surface area (Å²) in [7, 11) is 4.07. The van der Waals surface area contributed by atoms with Crippen LogP contribution in [0.5, 0.6) is 5.75 Å². The third-order valence-corrected chi connectivity index (χ3v) is 4.41. The first-order valence-electron chi connectivity index (χ1n) is 9.38. The summed E-state index contributed by atoms with van der Waals surface area (Å²) in [5, 5.41) is 2.94. The van der Waals surface area contributed by atoms with Crippen LogP contribution in [0.1, 0.15) is 11.1 Å². The number of hydrogen-bond acceptors (Lipinski definition) is 3. The molecule has 0 saturated heterocycles. The molecule has 3 rings (SSSR count). The smallest absolute Gasteiger partial charge is 0.258 e. The second kappa shape index (κ2) is 9.72. The number of nitrogens with one attached hydrogen (secondary N) is 1. The highest BCUT2D eigenvalue weighted by atomic mass is 16.5. The van der Waals surface area contributed by atoms with Crippen LogP contribution >= 0.6 is 0 Å². The molecule has 0 aromatic heterocycles. The Morgan fingerprint density at radius 2 is 1.43 bits per heavy atom. The molecular formula is C24H26N2O2. The Morgan fingerprint density at radius 1 is 0.821 bits per heavy atom. The van der Waals surface area contributed by atoms with E-state index in [9.17, 15) is 4.79 Å². The molecule has 0 bridgehead atoms. The minimum atomic E-state index is -0.133. The molecule has 3 aromatic carbocycles. The van der Waals surface area contributed by atoms with Crippen molar-refractivity contribution in [1.29, 1.82) is 0 Å². The van der Waals surface area contributed by atoms with E-state index in [0.29, 0.717) is 12.3 Å². The van der Waals surface area contributed by atoms with Crippen LogP contribution in [-0.4, -0.2) is 31.5 Å². The van der Waals surface area contributed by atoms with Crippen molar-refractivity contribution in [3.63, 3.8) is 0 Å². The molecule has 0 spiro atoms. The van der Waals surface area contributed by atoms with Crippen LogP contribution in [-0.2, 0) is 17.9 Å². The van der Waals surface area contributed by atoms with E-state index in [2.05, 4.69) is 28.4 Å². The number of hydrogen-bond donors (Lipinski definition) is 1. The zero-order valence-electron chi connectivity index (χ0n) is 16.4. The van der Waals surface area contributed by atoms with Gasteiger partial charge in [-0.05, 0) is 48.5 Å². The van der Waals surface area contributed by atoms with Crippen LogP contribution < -0.4 is 10.1 Å². The van der Waals surface area contributed by atoms with Crippen molar-refractivity contribution in [3.8, 4) is 16.9 Å². The van der Waals surface area contributed by atoms with Crippen molar-refractivity contribution >= 4 is 5.91 Å². The maximum atomic E-state index is 12.2. The maximum Gasteiger partial charge on any atom is 0.258 e. The second-order valence-corrected chi connectivity index (χ2v) is 6.96. The van der Waals surface area contributed by atoms with Crippen molar-refractivity contribution in [1.82, 2.24) is 10.2 Å². The van der Waals surface area contributed by atoms with Gasteiger partial charge in [0.1, 0.15) is 5.75 Å². The van der Waals surface area contributed by atoms with Crippen LogP contribution in [0.15, 0.2) is 78.9 Å². The first-order chi connectivity index (χ1) is 13.6. The van der Waals surface area contributed by atoms with Crippen LogP contribution in [0.2, 0.25) is 0 Å². The quantitative estimate of drug-likeness (QED) is 0.645. The predicted octanol–water partition coefficient (Wildman–Crippen LogP) is 4.11. The fourth-order valence-electron chi connectivity index (χ4n) is 2.99. The Morgan fingerprint density at radius 3 is 2.11 bits per heavy atom. The van der Waals surface area contributed by atoms with Gasteiger partial charge in [-0.3, -0.25) is 4.79 Å². The lowest BCUT2D eigenvalue weighted by Gasteiger charge is -2.15. The van der Waals surface area contributed by atoms with Gasteiger partial charge in [0.25, 0.3) is 5.91 Å². The van der Waals surface area contributed by atoms with E-state index < -0.39 is 0 Å². The van der Waals surface area contributed by atoms with Gasteiger partial charge in [-0.2, -0.15) is 0 Å². The average molecular weight is 374 g/mol. The molecule has 0 fully saturated rings. The largest absolute Gasteiger partial charge is 0.484 e. The van der Waals surface area contributed by atoms with E-state index in [4.69, 9.17) is 4.74 Å². The lowest BCUT2D eigenvalue weighted by molar-refractivity contribution is -0.123. The molecule has 0 unspecified atom stereocenters. The van der Waals surface area contributed by atoms with Crippen molar-refractivity contribution in [2.45, 2.75) is 13.1 Å². The average Bonchev–Trinajstić information content (AvgIpc) is 2.72. The second-order valence-electron chi connectivity index (χ2n) is 6.96. The summed E-state index contributed by atoms with van der Waals surface area (Å²) in [5.41, 5.74) is 4.61. The molecule has 28 heavy (non-hydrogen) atoms. The number of nitrogens with zero attached hydrogens (tertiary/aromatic N) is 1. The zero-order valence-corrected chi connectivity index (χ0v) is 16.4. The van der Waals surface area contributed by atoms with Gasteiger partial charge < -0.3 is 15.0 Å².